The Morgan fingerprint density at radius 2 is 1.68 bits per heavy atom. The minimum Gasteiger partial charge on any atom is -0.463 e. The fourth-order valence-electron chi connectivity index (χ4n) is 2.93. The predicted molar refractivity (Wildman–Crippen MR) is 94.5 cm³/mol. The number of carbonyl (C=O) groups excluding carboxylic acids is 2. The number of amides is 1. The van der Waals surface area contributed by atoms with E-state index in [-0.39, 0.29) is 18.3 Å². The summed E-state index contributed by atoms with van der Waals surface area (Å²) in [6.45, 7) is 2.10. The van der Waals surface area contributed by atoms with E-state index in [1.165, 1.54) is 0 Å². The molecule has 1 amide bonds. The molecule has 1 atom stereocenters. The third kappa shape index (κ3) is 4.90. The number of rotatable bonds is 6. The number of nitrogens with one attached hydrogen (secondary N) is 1. The monoisotopic (exact) mass is 338 g/mol. The highest BCUT2D eigenvalue weighted by molar-refractivity contribution is 5.85. The SMILES string of the molecule is O=C(C[C@H]1C(=O)OCCN1Cc1ccccc1)NCc1ccccc1. The first-order chi connectivity index (χ1) is 12.2. The molecular weight excluding hydrogens is 316 g/mol. The molecule has 1 aliphatic rings. The summed E-state index contributed by atoms with van der Waals surface area (Å²) in [6.07, 6.45) is 0.110. The Balaban J connectivity index is 1.58. The van der Waals surface area contributed by atoms with Gasteiger partial charge in [-0.3, -0.25) is 14.5 Å². The van der Waals surface area contributed by atoms with E-state index in [4.69, 9.17) is 4.74 Å². The van der Waals surface area contributed by atoms with Crippen LogP contribution in [0.2, 0.25) is 0 Å². The van der Waals surface area contributed by atoms with Crippen LogP contribution in [0.15, 0.2) is 60.7 Å². The number of hydrogen-bond donors (Lipinski definition) is 1. The summed E-state index contributed by atoms with van der Waals surface area (Å²) in [4.78, 5) is 26.5. The Kier molecular flexibility index (Phi) is 5.80. The highest BCUT2D eigenvalue weighted by atomic mass is 16.5. The molecule has 0 saturated carbocycles. The zero-order valence-corrected chi connectivity index (χ0v) is 14.1. The lowest BCUT2D eigenvalue weighted by atomic mass is 10.1. The van der Waals surface area contributed by atoms with E-state index >= 15 is 0 Å². The van der Waals surface area contributed by atoms with Crippen molar-refractivity contribution in [3.05, 3.63) is 71.8 Å². The average Bonchev–Trinajstić information content (AvgIpc) is 2.65. The van der Waals surface area contributed by atoms with Gasteiger partial charge in [0.05, 0.1) is 6.42 Å². The van der Waals surface area contributed by atoms with Crippen molar-refractivity contribution in [2.45, 2.75) is 25.6 Å². The Morgan fingerprint density at radius 1 is 1.04 bits per heavy atom. The number of cyclic esters (lactones) is 1. The maximum atomic E-state index is 12.3. The Bertz CT molecular complexity index is 703. The zero-order valence-electron chi connectivity index (χ0n) is 14.1. The standard InChI is InChI=1S/C20H22N2O3/c23-19(21-14-16-7-3-1-4-8-16)13-18-20(24)25-12-11-22(18)15-17-9-5-2-6-10-17/h1-10,18H,11-15H2,(H,21,23)/t18-/m0/s1. The van der Waals surface area contributed by atoms with Gasteiger partial charge in [-0.2, -0.15) is 0 Å². The number of benzene rings is 2. The van der Waals surface area contributed by atoms with Gasteiger partial charge in [-0.05, 0) is 11.1 Å². The highest BCUT2D eigenvalue weighted by Gasteiger charge is 2.33. The molecule has 130 valence electrons. The maximum absolute atomic E-state index is 12.3. The van der Waals surface area contributed by atoms with Crippen LogP contribution in [0.3, 0.4) is 0 Å². The van der Waals surface area contributed by atoms with Crippen molar-refractivity contribution in [1.29, 1.82) is 0 Å². The van der Waals surface area contributed by atoms with Crippen LogP contribution in [0, 0.1) is 0 Å². The molecule has 1 heterocycles. The lowest BCUT2D eigenvalue weighted by Crippen LogP contribution is -2.50. The number of morpholine rings is 1. The first-order valence-electron chi connectivity index (χ1n) is 8.47. The largest absolute Gasteiger partial charge is 0.463 e. The molecule has 2 aromatic rings. The average molecular weight is 338 g/mol. The van der Waals surface area contributed by atoms with E-state index in [0.29, 0.717) is 26.2 Å². The quantitative estimate of drug-likeness (QED) is 0.820. The van der Waals surface area contributed by atoms with Crippen molar-refractivity contribution in [3.63, 3.8) is 0 Å². The molecule has 0 aliphatic carbocycles. The summed E-state index contributed by atoms with van der Waals surface area (Å²) in [7, 11) is 0. The number of hydrogen-bond acceptors (Lipinski definition) is 4. The van der Waals surface area contributed by atoms with Gasteiger partial charge in [0, 0.05) is 19.6 Å². The van der Waals surface area contributed by atoms with Gasteiger partial charge in [0.25, 0.3) is 0 Å². The van der Waals surface area contributed by atoms with Crippen molar-refractivity contribution in [1.82, 2.24) is 10.2 Å². The van der Waals surface area contributed by atoms with Crippen LogP contribution in [0.4, 0.5) is 0 Å². The van der Waals surface area contributed by atoms with Crippen LogP contribution >= 0.6 is 0 Å². The van der Waals surface area contributed by atoms with Crippen molar-refractivity contribution < 1.29 is 14.3 Å². The van der Waals surface area contributed by atoms with Crippen molar-refractivity contribution in [2.75, 3.05) is 13.2 Å². The predicted octanol–water partition coefficient (Wildman–Crippen LogP) is 2.12. The molecule has 0 spiro atoms. The maximum Gasteiger partial charge on any atom is 0.323 e. The van der Waals surface area contributed by atoms with Crippen molar-refractivity contribution in [2.24, 2.45) is 0 Å². The van der Waals surface area contributed by atoms with Gasteiger partial charge < -0.3 is 10.1 Å². The first kappa shape index (κ1) is 17.2. The van der Waals surface area contributed by atoms with Gasteiger partial charge >= 0.3 is 5.97 Å². The van der Waals surface area contributed by atoms with E-state index < -0.39 is 6.04 Å². The van der Waals surface area contributed by atoms with Crippen LogP contribution in [0.25, 0.3) is 0 Å². The van der Waals surface area contributed by atoms with E-state index in [1.807, 2.05) is 65.6 Å². The summed E-state index contributed by atoms with van der Waals surface area (Å²) in [5.74, 6) is -0.470. The molecule has 2 aromatic carbocycles. The van der Waals surface area contributed by atoms with E-state index in [9.17, 15) is 9.59 Å². The van der Waals surface area contributed by atoms with Gasteiger partial charge in [0.1, 0.15) is 12.6 Å². The molecule has 1 aliphatic heterocycles. The molecule has 0 unspecified atom stereocenters. The smallest absolute Gasteiger partial charge is 0.323 e. The Morgan fingerprint density at radius 3 is 2.36 bits per heavy atom. The van der Waals surface area contributed by atoms with Gasteiger partial charge in [0.15, 0.2) is 0 Å². The molecule has 0 radical (unpaired) electrons. The molecule has 3 rings (SSSR count). The molecular formula is C20H22N2O3. The van der Waals surface area contributed by atoms with Crippen LogP contribution < -0.4 is 5.32 Å². The summed E-state index contributed by atoms with van der Waals surface area (Å²) >= 11 is 0. The molecule has 25 heavy (non-hydrogen) atoms. The zero-order chi connectivity index (χ0) is 17.5. The van der Waals surface area contributed by atoms with Gasteiger partial charge in [-0.1, -0.05) is 60.7 Å². The van der Waals surface area contributed by atoms with Crippen LogP contribution in [0.5, 0.6) is 0 Å². The number of nitrogens with zero attached hydrogens (tertiary/aromatic N) is 1. The molecule has 0 bridgehead atoms. The van der Waals surface area contributed by atoms with Crippen molar-refractivity contribution in [3.8, 4) is 0 Å². The summed E-state index contributed by atoms with van der Waals surface area (Å²) in [5.41, 5.74) is 2.15. The Labute approximate surface area is 147 Å². The lowest BCUT2D eigenvalue weighted by Gasteiger charge is -2.33. The molecule has 1 N–H and O–H groups in total. The van der Waals surface area contributed by atoms with Crippen LogP contribution in [-0.4, -0.2) is 36.0 Å². The number of carbonyl (C=O) groups is 2. The second kappa shape index (κ2) is 8.44. The first-order valence-corrected chi connectivity index (χ1v) is 8.47. The summed E-state index contributed by atoms with van der Waals surface area (Å²) in [5, 5.41) is 2.88. The molecule has 0 aromatic heterocycles. The van der Waals surface area contributed by atoms with Gasteiger partial charge in [-0.15, -0.1) is 0 Å². The fraction of sp³-hybridized carbons (Fsp3) is 0.300. The minimum atomic E-state index is -0.537. The minimum absolute atomic E-state index is 0.110. The van der Waals surface area contributed by atoms with E-state index in [2.05, 4.69) is 5.32 Å². The molecule has 5 heteroatoms. The number of ether oxygens (including phenoxy) is 1. The van der Waals surface area contributed by atoms with Gasteiger partial charge in [0.2, 0.25) is 5.91 Å². The van der Waals surface area contributed by atoms with Crippen molar-refractivity contribution >= 4 is 11.9 Å². The molecule has 1 fully saturated rings. The summed E-state index contributed by atoms with van der Waals surface area (Å²) < 4.78 is 5.16. The second-order valence-electron chi connectivity index (χ2n) is 6.11. The topological polar surface area (TPSA) is 58.6 Å². The Hall–Kier alpha value is -2.66. The van der Waals surface area contributed by atoms with Gasteiger partial charge in [-0.25, -0.2) is 0 Å². The van der Waals surface area contributed by atoms with E-state index in [1.54, 1.807) is 0 Å². The molecule has 5 nitrogen and oxygen atoms in total. The normalized spacial score (nSPS) is 17.8. The third-order valence-corrected chi connectivity index (χ3v) is 4.28. The molecule has 1 saturated heterocycles. The second-order valence-corrected chi connectivity index (χ2v) is 6.11. The highest BCUT2D eigenvalue weighted by Crippen LogP contribution is 2.16. The van der Waals surface area contributed by atoms with E-state index in [0.717, 1.165) is 11.1 Å². The third-order valence-electron chi connectivity index (χ3n) is 4.28. The number of esters is 1. The van der Waals surface area contributed by atoms with Crippen LogP contribution in [0.1, 0.15) is 17.5 Å². The fourth-order valence-corrected chi connectivity index (χ4v) is 2.93. The summed E-state index contributed by atoms with van der Waals surface area (Å²) in [6, 6.07) is 19.1. The lowest BCUT2D eigenvalue weighted by molar-refractivity contribution is -0.159. The van der Waals surface area contributed by atoms with Crippen LogP contribution in [-0.2, 0) is 27.4 Å².